The van der Waals surface area contributed by atoms with Crippen molar-refractivity contribution in [2.75, 3.05) is 33.2 Å². The molecule has 0 atom stereocenters. The Hall–Kier alpha value is -2.38. The number of thiophene rings is 1. The molecule has 2 aromatic rings. The van der Waals surface area contributed by atoms with Crippen LogP contribution in [-0.4, -0.2) is 50.0 Å². The van der Waals surface area contributed by atoms with Gasteiger partial charge in [-0.05, 0) is 54.9 Å². The zero-order valence-electron chi connectivity index (χ0n) is 17.1. The SMILES string of the molecule is CN=C(NCCCNC(=O)c1cccs1)NCc1ccc(CN2CCCC2)cc1. The Bertz CT molecular complexity index is 767. The van der Waals surface area contributed by atoms with Gasteiger partial charge in [0, 0.05) is 33.2 Å². The van der Waals surface area contributed by atoms with E-state index in [1.165, 1.54) is 48.4 Å². The average molecular weight is 414 g/mol. The van der Waals surface area contributed by atoms with Gasteiger partial charge in [-0.1, -0.05) is 30.3 Å². The molecule has 6 nitrogen and oxygen atoms in total. The van der Waals surface area contributed by atoms with Gasteiger partial charge in [-0.2, -0.15) is 0 Å². The van der Waals surface area contributed by atoms with Crippen molar-refractivity contribution in [3.8, 4) is 0 Å². The minimum absolute atomic E-state index is 0.00400. The van der Waals surface area contributed by atoms with Crippen molar-refractivity contribution in [1.29, 1.82) is 0 Å². The van der Waals surface area contributed by atoms with Gasteiger partial charge in [-0.3, -0.25) is 14.7 Å². The highest BCUT2D eigenvalue weighted by molar-refractivity contribution is 7.12. The van der Waals surface area contributed by atoms with Gasteiger partial charge in [-0.25, -0.2) is 0 Å². The molecule has 0 spiro atoms. The van der Waals surface area contributed by atoms with Gasteiger partial charge in [0.05, 0.1) is 4.88 Å². The van der Waals surface area contributed by atoms with Crippen molar-refractivity contribution in [3.05, 3.63) is 57.8 Å². The van der Waals surface area contributed by atoms with Crippen LogP contribution < -0.4 is 16.0 Å². The largest absolute Gasteiger partial charge is 0.356 e. The van der Waals surface area contributed by atoms with E-state index in [1.807, 2.05) is 17.5 Å². The molecular formula is C22H31N5OS. The lowest BCUT2D eigenvalue weighted by atomic mass is 10.1. The zero-order valence-corrected chi connectivity index (χ0v) is 17.9. The maximum absolute atomic E-state index is 11.9. The monoisotopic (exact) mass is 413 g/mol. The predicted octanol–water partition coefficient (Wildman–Crippen LogP) is 2.83. The number of hydrogen-bond donors (Lipinski definition) is 3. The van der Waals surface area contributed by atoms with Crippen LogP contribution in [0.4, 0.5) is 0 Å². The number of aliphatic imine (C=N–C) groups is 1. The summed E-state index contributed by atoms with van der Waals surface area (Å²) in [5, 5.41) is 11.5. The first-order chi connectivity index (χ1) is 14.2. The highest BCUT2D eigenvalue weighted by atomic mass is 32.1. The average Bonchev–Trinajstić information content (AvgIpc) is 3.45. The first-order valence-corrected chi connectivity index (χ1v) is 11.2. The van der Waals surface area contributed by atoms with E-state index in [1.54, 1.807) is 7.05 Å². The van der Waals surface area contributed by atoms with E-state index >= 15 is 0 Å². The fourth-order valence-electron chi connectivity index (χ4n) is 3.36. The molecule has 0 saturated carbocycles. The lowest BCUT2D eigenvalue weighted by Gasteiger charge is -2.15. The lowest BCUT2D eigenvalue weighted by molar-refractivity contribution is 0.0957. The van der Waals surface area contributed by atoms with Crippen LogP contribution in [0.5, 0.6) is 0 Å². The van der Waals surface area contributed by atoms with Crippen LogP contribution in [0, 0.1) is 0 Å². The van der Waals surface area contributed by atoms with E-state index in [-0.39, 0.29) is 5.91 Å². The summed E-state index contributed by atoms with van der Waals surface area (Å²) in [6.45, 7) is 5.63. The molecular weight excluding hydrogens is 382 g/mol. The number of rotatable bonds is 9. The quantitative estimate of drug-likeness (QED) is 0.336. The molecule has 29 heavy (non-hydrogen) atoms. The molecule has 1 aliphatic rings. The summed E-state index contributed by atoms with van der Waals surface area (Å²) in [6, 6.07) is 12.5. The van der Waals surface area contributed by atoms with Crippen molar-refractivity contribution in [2.45, 2.75) is 32.4 Å². The molecule has 1 aliphatic heterocycles. The topological polar surface area (TPSA) is 68.8 Å². The number of nitrogens with zero attached hydrogens (tertiary/aromatic N) is 2. The van der Waals surface area contributed by atoms with Crippen molar-refractivity contribution in [1.82, 2.24) is 20.9 Å². The second-order valence-corrected chi connectivity index (χ2v) is 8.19. The van der Waals surface area contributed by atoms with Crippen LogP contribution in [0.25, 0.3) is 0 Å². The number of nitrogens with one attached hydrogen (secondary N) is 3. The molecule has 7 heteroatoms. The summed E-state index contributed by atoms with van der Waals surface area (Å²) in [7, 11) is 1.77. The van der Waals surface area contributed by atoms with Crippen LogP contribution in [0.1, 0.15) is 40.1 Å². The number of benzene rings is 1. The molecule has 3 rings (SSSR count). The third-order valence-electron chi connectivity index (χ3n) is 4.99. The second-order valence-electron chi connectivity index (χ2n) is 7.24. The number of amides is 1. The van der Waals surface area contributed by atoms with E-state index < -0.39 is 0 Å². The number of hydrogen-bond acceptors (Lipinski definition) is 4. The molecule has 0 radical (unpaired) electrons. The van der Waals surface area contributed by atoms with E-state index in [4.69, 9.17) is 0 Å². The molecule has 1 saturated heterocycles. The van der Waals surface area contributed by atoms with Gasteiger partial charge in [0.2, 0.25) is 0 Å². The smallest absolute Gasteiger partial charge is 0.261 e. The minimum atomic E-state index is -0.00400. The normalized spacial score (nSPS) is 14.7. The highest BCUT2D eigenvalue weighted by Crippen LogP contribution is 2.13. The molecule has 0 bridgehead atoms. The maximum atomic E-state index is 11.9. The third-order valence-corrected chi connectivity index (χ3v) is 5.86. The van der Waals surface area contributed by atoms with Gasteiger partial charge >= 0.3 is 0 Å². The summed E-state index contributed by atoms with van der Waals surface area (Å²) in [5.74, 6) is 0.770. The first kappa shape index (κ1) is 21.3. The van der Waals surface area contributed by atoms with Crippen molar-refractivity contribution < 1.29 is 4.79 Å². The van der Waals surface area contributed by atoms with Crippen molar-refractivity contribution in [2.24, 2.45) is 4.99 Å². The second kappa shape index (κ2) is 11.6. The number of likely N-dealkylation sites (tertiary alicyclic amines) is 1. The summed E-state index contributed by atoms with van der Waals surface area (Å²) in [6.07, 6.45) is 3.49. The standard InChI is InChI=1S/C22H31N5OS/c1-23-22(25-12-5-11-24-21(28)20-6-4-15-29-20)26-16-18-7-9-19(10-8-18)17-27-13-2-3-14-27/h4,6-10,15H,2-3,5,11-14,16-17H2,1H3,(H,24,28)(H2,23,25,26). The van der Waals surface area contributed by atoms with Gasteiger partial charge in [0.1, 0.15) is 0 Å². The molecule has 0 aliphatic carbocycles. The molecule has 0 unspecified atom stereocenters. The molecule has 2 heterocycles. The summed E-state index contributed by atoms with van der Waals surface area (Å²) in [5.41, 5.74) is 2.61. The molecule has 1 amide bonds. The van der Waals surface area contributed by atoms with Crippen molar-refractivity contribution in [3.63, 3.8) is 0 Å². The van der Waals surface area contributed by atoms with E-state index in [9.17, 15) is 4.79 Å². The Labute approximate surface area is 177 Å². The van der Waals surface area contributed by atoms with Gasteiger partial charge < -0.3 is 16.0 Å². The van der Waals surface area contributed by atoms with Gasteiger partial charge in [-0.15, -0.1) is 11.3 Å². The molecule has 1 fully saturated rings. The zero-order chi connectivity index (χ0) is 20.3. The van der Waals surface area contributed by atoms with Crippen LogP contribution >= 0.6 is 11.3 Å². The maximum Gasteiger partial charge on any atom is 0.261 e. The van der Waals surface area contributed by atoms with Crippen LogP contribution in [-0.2, 0) is 13.1 Å². The summed E-state index contributed by atoms with van der Waals surface area (Å²) >= 11 is 1.46. The molecule has 1 aromatic heterocycles. The predicted molar refractivity (Wildman–Crippen MR) is 120 cm³/mol. The summed E-state index contributed by atoms with van der Waals surface area (Å²) < 4.78 is 0. The fraction of sp³-hybridized carbons (Fsp3) is 0.455. The lowest BCUT2D eigenvalue weighted by Crippen LogP contribution is -2.38. The Kier molecular flexibility index (Phi) is 8.52. The van der Waals surface area contributed by atoms with E-state index in [0.29, 0.717) is 6.54 Å². The summed E-state index contributed by atoms with van der Waals surface area (Å²) in [4.78, 5) is 19.4. The number of carbonyl (C=O) groups excluding carboxylic acids is 1. The molecule has 156 valence electrons. The van der Waals surface area contributed by atoms with Crippen LogP contribution in [0.3, 0.4) is 0 Å². The Morgan fingerprint density at radius 2 is 1.76 bits per heavy atom. The van der Waals surface area contributed by atoms with E-state index in [0.717, 1.165) is 36.9 Å². The van der Waals surface area contributed by atoms with Crippen molar-refractivity contribution >= 4 is 23.2 Å². The van der Waals surface area contributed by atoms with E-state index in [2.05, 4.69) is 50.1 Å². The third kappa shape index (κ3) is 7.18. The minimum Gasteiger partial charge on any atom is -0.356 e. The van der Waals surface area contributed by atoms with Gasteiger partial charge in [0.15, 0.2) is 5.96 Å². The van der Waals surface area contributed by atoms with Crippen LogP contribution in [0.15, 0.2) is 46.8 Å². The number of guanidine groups is 1. The van der Waals surface area contributed by atoms with Gasteiger partial charge in [0.25, 0.3) is 5.91 Å². The first-order valence-electron chi connectivity index (χ1n) is 10.3. The Morgan fingerprint density at radius 3 is 2.45 bits per heavy atom. The Morgan fingerprint density at radius 1 is 1.03 bits per heavy atom. The number of carbonyl (C=O) groups is 1. The molecule has 3 N–H and O–H groups in total. The Balaban J connectivity index is 1.31. The fourth-order valence-corrected chi connectivity index (χ4v) is 4.00. The molecule has 1 aromatic carbocycles. The van der Waals surface area contributed by atoms with Crippen LogP contribution in [0.2, 0.25) is 0 Å². The highest BCUT2D eigenvalue weighted by Gasteiger charge is 2.11.